The second-order valence-electron chi connectivity index (χ2n) is 7.45. The van der Waals surface area contributed by atoms with Crippen LogP contribution in [0.1, 0.15) is 38.5 Å². The molecule has 3 heterocycles. The first kappa shape index (κ1) is 17.6. The zero-order valence-corrected chi connectivity index (χ0v) is 16.1. The molecule has 6 heteroatoms. The summed E-state index contributed by atoms with van der Waals surface area (Å²) in [5, 5.41) is 4.88. The van der Waals surface area contributed by atoms with Gasteiger partial charge >= 0.3 is 0 Å². The SMILES string of the molecule is C=CCn1c(-c2cccnc2)nn(CN2CCC[C@@H]3CCCC[C@@H]32)c1=S. The minimum absolute atomic E-state index is 0.662. The molecular formula is C20H27N5S. The molecule has 0 amide bonds. The van der Waals surface area contributed by atoms with Gasteiger partial charge < -0.3 is 0 Å². The van der Waals surface area contributed by atoms with E-state index in [1.165, 1.54) is 38.5 Å². The number of pyridine rings is 1. The van der Waals surface area contributed by atoms with Gasteiger partial charge in [-0.05, 0) is 56.0 Å². The van der Waals surface area contributed by atoms with Crippen LogP contribution in [0.4, 0.5) is 0 Å². The highest BCUT2D eigenvalue weighted by Gasteiger charge is 2.33. The van der Waals surface area contributed by atoms with Gasteiger partial charge in [0.2, 0.25) is 0 Å². The lowest BCUT2D eigenvalue weighted by molar-refractivity contribution is 0.0323. The highest BCUT2D eigenvalue weighted by Crippen LogP contribution is 2.35. The second kappa shape index (κ2) is 7.84. The first-order valence-corrected chi connectivity index (χ1v) is 10.1. The zero-order valence-electron chi connectivity index (χ0n) is 15.3. The van der Waals surface area contributed by atoms with Crippen LogP contribution in [0.5, 0.6) is 0 Å². The highest BCUT2D eigenvalue weighted by molar-refractivity contribution is 7.71. The van der Waals surface area contributed by atoms with Crippen molar-refractivity contribution in [2.24, 2.45) is 5.92 Å². The molecule has 1 aliphatic heterocycles. The third-order valence-corrected chi connectivity index (χ3v) is 6.26. The molecule has 5 nitrogen and oxygen atoms in total. The lowest BCUT2D eigenvalue weighted by Gasteiger charge is -2.43. The maximum absolute atomic E-state index is 5.76. The smallest absolute Gasteiger partial charge is 0.199 e. The summed E-state index contributed by atoms with van der Waals surface area (Å²) in [5.41, 5.74) is 0.994. The van der Waals surface area contributed by atoms with Crippen molar-refractivity contribution in [1.82, 2.24) is 24.2 Å². The van der Waals surface area contributed by atoms with Gasteiger partial charge in [0, 0.05) is 37.1 Å². The average molecular weight is 370 g/mol. The predicted molar refractivity (Wildman–Crippen MR) is 106 cm³/mol. The van der Waals surface area contributed by atoms with Crippen molar-refractivity contribution in [2.75, 3.05) is 6.54 Å². The van der Waals surface area contributed by atoms with Crippen molar-refractivity contribution in [2.45, 2.75) is 57.8 Å². The van der Waals surface area contributed by atoms with E-state index in [2.05, 4.69) is 21.0 Å². The zero-order chi connectivity index (χ0) is 17.9. The Balaban J connectivity index is 1.64. The highest BCUT2D eigenvalue weighted by atomic mass is 32.1. The lowest BCUT2D eigenvalue weighted by Crippen LogP contribution is -2.47. The molecule has 0 aromatic carbocycles. The Morgan fingerprint density at radius 3 is 2.88 bits per heavy atom. The van der Waals surface area contributed by atoms with Gasteiger partial charge in [-0.1, -0.05) is 18.9 Å². The Labute approximate surface area is 160 Å². The molecule has 0 N–H and O–H groups in total. The van der Waals surface area contributed by atoms with Gasteiger partial charge in [0.05, 0.1) is 6.67 Å². The molecule has 2 fully saturated rings. The van der Waals surface area contributed by atoms with Crippen molar-refractivity contribution in [3.05, 3.63) is 42.0 Å². The van der Waals surface area contributed by atoms with Crippen LogP contribution < -0.4 is 0 Å². The maximum Gasteiger partial charge on any atom is 0.199 e. The van der Waals surface area contributed by atoms with E-state index in [0.717, 1.165) is 35.3 Å². The summed E-state index contributed by atoms with van der Waals surface area (Å²) in [4.78, 5) is 6.85. The van der Waals surface area contributed by atoms with E-state index >= 15 is 0 Å². The quantitative estimate of drug-likeness (QED) is 0.583. The van der Waals surface area contributed by atoms with Crippen molar-refractivity contribution >= 4 is 12.2 Å². The van der Waals surface area contributed by atoms with Crippen LogP contribution in [-0.2, 0) is 13.2 Å². The first-order chi connectivity index (χ1) is 12.8. The van der Waals surface area contributed by atoms with Gasteiger partial charge in [-0.25, -0.2) is 4.68 Å². The largest absolute Gasteiger partial charge is 0.296 e. The fourth-order valence-electron chi connectivity index (χ4n) is 4.61. The monoisotopic (exact) mass is 369 g/mol. The van der Waals surface area contributed by atoms with E-state index < -0.39 is 0 Å². The van der Waals surface area contributed by atoms with E-state index in [1.54, 1.807) is 6.20 Å². The normalized spacial score (nSPS) is 23.5. The molecular weight excluding hydrogens is 342 g/mol. The molecule has 4 rings (SSSR count). The summed E-state index contributed by atoms with van der Waals surface area (Å²) in [6.45, 7) is 6.48. The molecule has 1 saturated heterocycles. The van der Waals surface area contributed by atoms with Gasteiger partial charge in [-0.3, -0.25) is 14.5 Å². The third-order valence-electron chi connectivity index (χ3n) is 5.83. The number of piperidine rings is 1. The van der Waals surface area contributed by atoms with Gasteiger partial charge in [-0.2, -0.15) is 5.10 Å². The molecule has 2 aliphatic rings. The number of aromatic nitrogens is 4. The molecule has 1 aliphatic carbocycles. The number of hydrogen-bond donors (Lipinski definition) is 0. The molecule has 1 saturated carbocycles. The van der Waals surface area contributed by atoms with Crippen molar-refractivity contribution < 1.29 is 0 Å². The predicted octanol–water partition coefficient (Wildman–Crippen LogP) is 4.27. The van der Waals surface area contributed by atoms with Crippen LogP contribution in [-0.4, -0.2) is 36.8 Å². The van der Waals surface area contributed by atoms with Gasteiger partial charge in [0.25, 0.3) is 0 Å². The summed E-state index contributed by atoms with van der Waals surface area (Å²) in [6.07, 6.45) is 13.6. The Bertz CT molecular complexity index is 807. The average Bonchev–Trinajstić information content (AvgIpc) is 2.99. The molecule has 138 valence electrons. The van der Waals surface area contributed by atoms with Crippen LogP contribution in [0.3, 0.4) is 0 Å². The molecule has 2 atom stereocenters. The summed E-state index contributed by atoms with van der Waals surface area (Å²) < 4.78 is 4.82. The summed E-state index contributed by atoms with van der Waals surface area (Å²) in [6, 6.07) is 4.67. The first-order valence-electron chi connectivity index (χ1n) is 9.71. The van der Waals surface area contributed by atoms with Crippen LogP contribution >= 0.6 is 12.2 Å². The number of rotatable bonds is 5. The summed E-state index contributed by atoms with van der Waals surface area (Å²) in [5.74, 6) is 1.74. The topological polar surface area (TPSA) is 38.9 Å². The van der Waals surface area contributed by atoms with Crippen LogP contribution in [0.25, 0.3) is 11.4 Å². The number of hydrogen-bond acceptors (Lipinski definition) is 4. The Morgan fingerprint density at radius 2 is 2.08 bits per heavy atom. The fourth-order valence-corrected chi connectivity index (χ4v) is 4.87. The second-order valence-corrected chi connectivity index (χ2v) is 7.82. The minimum atomic E-state index is 0.662. The van der Waals surface area contributed by atoms with E-state index in [4.69, 9.17) is 17.3 Å². The molecule has 0 unspecified atom stereocenters. The Morgan fingerprint density at radius 1 is 1.23 bits per heavy atom. The summed E-state index contributed by atoms with van der Waals surface area (Å²) >= 11 is 5.76. The summed E-state index contributed by atoms with van der Waals surface area (Å²) in [7, 11) is 0. The Hall–Kier alpha value is -1.79. The van der Waals surface area contributed by atoms with Crippen LogP contribution in [0, 0.1) is 10.7 Å². The van der Waals surface area contributed by atoms with E-state index in [1.807, 2.05) is 29.1 Å². The van der Waals surface area contributed by atoms with Crippen LogP contribution in [0.2, 0.25) is 0 Å². The number of fused-ring (bicyclic) bond motifs is 1. The van der Waals surface area contributed by atoms with E-state index in [9.17, 15) is 0 Å². The standard InChI is InChI=1S/C20H27N5S/c1-2-12-24-19(17-8-5-11-21-14-17)22-25(20(24)26)15-23-13-6-9-16-7-3-4-10-18(16)23/h2,5,8,11,14,16,18H,1,3-4,6-7,9-10,12-13,15H2/t16-,18-/m0/s1. The molecule has 0 spiro atoms. The van der Waals surface area contributed by atoms with Crippen molar-refractivity contribution in [3.8, 4) is 11.4 Å². The van der Waals surface area contributed by atoms with Crippen LogP contribution in [0.15, 0.2) is 37.2 Å². The van der Waals surface area contributed by atoms with E-state index in [0.29, 0.717) is 12.6 Å². The van der Waals surface area contributed by atoms with Gasteiger partial charge in [0.1, 0.15) is 0 Å². The maximum atomic E-state index is 5.76. The number of allylic oxidation sites excluding steroid dienone is 1. The molecule has 0 radical (unpaired) electrons. The Kier molecular flexibility index (Phi) is 5.31. The third kappa shape index (κ3) is 3.40. The molecule has 26 heavy (non-hydrogen) atoms. The minimum Gasteiger partial charge on any atom is -0.296 e. The fraction of sp³-hybridized carbons (Fsp3) is 0.550. The lowest BCUT2D eigenvalue weighted by atomic mass is 9.78. The van der Waals surface area contributed by atoms with E-state index in [-0.39, 0.29) is 0 Å². The van der Waals surface area contributed by atoms with Gasteiger partial charge in [-0.15, -0.1) is 6.58 Å². The molecule has 0 bridgehead atoms. The molecule has 2 aromatic heterocycles. The van der Waals surface area contributed by atoms with Crippen molar-refractivity contribution in [1.29, 1.82) is 0 Å². The number of likely N-dealkylation sites (tertiary alicyclic amines) is 1. The molecule has 2 aromatic rings. The van der Waals surface area contributed by atoms with Crippen molar-refractivity contribution in [3.63, 3.8) is 0 Å². The van der Waals surface area contributed by atoms with Gasteiger partial charge in [0.15, 0.2) is 10.6 Å². The number of nitrogens with zero attached hydrogens (tertiary/aromatic N) is 5.